The van der Waals surface area contributed by atoms with Crippen LogP contribution in [0.5, 0.6) is 0 Å². The maximum atomic E-state index is 3.62. The Balaban J connectivity index is 2.09. The molecule has 0 aliphatic carbocycles. The maximum absolute atomic E-state index is 3.62. The number of hydrogen-bond acceptors (Lipinski definition) is 0. The third-order valence-corrected chi connectivity index (χ3v) is 5.34. The molecule has 1 N–H and O–H groups in total. The molecule has 1 aromatic heterocycles. The number of aryl methyl sites for hydroxylation is 1. The molecule has 116 valence electrons. The average Bonchev–Trinajstić information content (AvgIpc) is 3.01. The predicted molar refractivity (Wildman–Crippen MR) is 108 cm³/mol. The molecule has 0 unspecified atom stereocenters. The summed E-state index contributed by atoms with van der Waals surface area (Å²) in [6.07, 6.45) is 1.04. The van der Waals surface area contributed by atoms with Gasteiger partial charge in [0.2, 0.25) is 0 Å². The molecule has 0 aliphatic heterocycles. The van der Waals surface area contributed by atoms with E-state index in [2.05, 4.69) is 87.6 Å². The number of nitrogens with one attached hydrogen (secondary N) is 1. The molecule has 0 saturated heterocycles. The van der Waals surface area contributed by atoms with E-state index >= 15 is 0 Å². The second-order valence-electron chi connectivity index (χ2n) is 6.28. The summed E-state index contributed by atoms with van der Waals surface area (Å²) in [7, 11) is 0. The highest BCUT2D eigenvalue weighted by atomic mass is 79.9. The Bertz CT molecular complexity index is 1220. The van der Waals surface area contributed by atoms with Crippen molar-refractivity contribution in [2.75, 3.05) is 5.33 Å². The van der Waals surface area contributed by atoms with Gasteiger partial charge in [0, 0.05) is 27.1 Å². The largest absolute Gasteiger partial charge is 0.354 e. The summed E-state index contributed by atoms with van der Waals surface area (Å²) in [5.74, 6) is 0. The van der Waals surface area contributed by atoms with Crippen LogP contribution in [0.15, 0.2) is 66.7 Å². The normalized spacial score (nSPS) is 11.9. The van der Waals surface area contributed by atoms with Gasteiger partial charge in [0.1, 0.15) is 0 Å². The maximum Gasteiger partial charge on any atom is 0.0471 e. The third kappa shape index (κ3) is 1.93. The van der Waals surface area contributed by atoms with Gasteiger partial charge >= 0.3 is 0 Å². The number of alkyl halides is 1. The zero-order chi connectivity index (χ0) is 16.1. The molecule has 4 aromatic carbocycles. The number of fused-ring (bicyclic) bond motifs is 7. The molecule has 0 atom stereocenters. The van der Waals surface area contributed by atoms with Crippen LogP contribution in [0.25, 0.3) is 43.4 Å². The van der Waals surface area contributed by atoms with Gasteiger partial charge in [-0.3, -0.25) is 0 Å². The van der Waals surface area contributed by atoms with Crippen molar-refractivity contribution in [2.24, 2.45) is 0 Å². The molecule has 0 spiro atoms. The van der Waals surface area contributed by atoms with E-state index < -0.39 is 0 Å². The van der Waals surface area contributed by atoms with Crippen molar-refractivity contribution in [1.29, 1.82) is 0 Å². The third-order valence-electron chi connectivity index (χ3n) is 4.94. The molecule has 0 aliphatic rings. The van der Waals surface area contributed by atoms with Gasteiger partial charge in [-0.05, 0) is 45.7 Å². The first kappa shape index (κ1) is 14.1. The number of benzene rings is 4. The van der Waals surface area contributed by atoms with Crippen LogP contribution in [0.3, 0.4) is 0 Å². The minimum atomic E-state index is 0.978. The standard InChI is InChI=1S/C22H16BrN/c23-13-12-16-6-3-5-15-9-11-19-22(20(15)16)21-17-7-2-1-4-14(17)8-10-18(21)24-19/h1-11,24H,12-13H2. The van der Waals surface area contributed by atoms with Crippen LogP contribution in [0, 0.1) is 0 Å². The lowest BCUT2D eigenvalue weighted by molar-refractivity contribution is 1.19. The van der Waals surface area contributed by atoms with E-state index in [0.717, 1.165) is 11.8 Å². The average molecular weight is 374 g/mol. The van der Waals surface area contributed by atoms with E-state index in [9.17, 15) is 0 Å². The highest BCUT2D eigenvalue weighted by Gasteiger charge is 2.13. The first-order chi connectivity index (χ1) is 11.9. The minimum absolute atomic E-state index is 0.978. The van der Waals surface area contributed by atoms with Gasteiger partial charge in [-0.1, -0.05) is 70.5 Å². The summed E-state index contributed by atoms with van der Waals surface area (Å²) in [6.45, 7) is 0. The van der Waals surface area contributed by atoms with E-state index in [1.54, 1.807) is 0 Å². The Morgan fingerprint density at radius 2 is 1.42 bits per heavy atom. The van der Waals surface area contributed by atoms with Crippen LogP contribution in [0.2, 0.25) is 0 Å². The smallest absolute Gasteiger partial charge is 0.0471 e. The van der Waals surface area contributed by atoms with Crippen molar-refractivity contribution >= 4 is 59.3 Å². The Morgan fingerprint density at radius 1 is 0.667 bits per heavy atom. The number of aromatic nitrogens is 1. The monoisotopic (exact) mass is 373 g/mol. The molecule has 2 heteroatoms. The lowest BCUT2D eigenvalue weighted by Crippen LogP contribution is -1.88. The van der Waals surface area contributed by atoms with Gasteiger partial charge in [-0.25, -0.2) is 0 Å². The highest BCUT2D eigenvalue weighted by molar-refractivity contribution is 9.09. The molecule has 0 radical (unpaired) electrons. The second-order valence-corrected chi connectivity index (χ2v) is 7.07. The van der Waals surface area contributed by atoms with Crippen LogP contribution in [0.4, 0.5) is 0 Å². The molecular formula is C22H16BrN. The second kappa shape index (κ2) is 5.35. The van der Waals surface area contributed by atoms with Crippen LogP contribution in [-0.4, -0.2) is 10.3 Å². The molecule has 0 bridgehead atoms. The first-order valence-electron chi connectivity index (χ1n) is 8.26. The van der Waals surface area contributed by atoms with Crippen molar-refractivity contribution in [3.8, 4) is 0 Å². The van der Waals surface area contributed by atoms with Crippen molar-refractivity contribution < 1.29 is 0 Å². The van der Waals surface area contributed by atoms with Crippen molar-refractivity contribution in [3.05, 3.63) is 72.3 Å². The Morgan fingerprint density at radius 3 is 2.29 bits per heavy atom. The van der Waals surface area contributed by atoms with Gasteiger partial charge in [0.15, 0.2) is 0 Å². The van der Waals surface area contributed by atoms with E-state index in [1.165, 1.54) is 48.9 Å². The van der Waals surface area contributed by atoms with Crippen LogP contribution >= 0.6 is 15.9 Å². The molecule has 1 heterocycles. The fourth-order valence-corrected chi connectivity index (χ4v) is 4.35. The number of H-pyrrole nitrogens is 1. The lowest BCUT2D eigenvalue weighted by Gasteiger charge is -2.08. The lowest BCUT2D eigenvalue weighted by atomic mass is 9.96. The number of halogens is 1. The zero-order valence-corrected chi connectivity index (χ0v) is 14.7. The summed E-state index contributed by atoms with van der Waals surface area (Å²) < 4.78 is 0. The van der Waals surface area contributed by atoms with E-state index in [1.807, 2.05) is 0 Å². The molecule has 1 nitrogen and oxygen atoms in total. The molecule has 0 saturated carbocycles. The summed E-state index contributed by atoms with van der Waals surface area (Å²) in [5, 5.41) is 8.99. The molecule has 5 rings (SSSR count). The van der Waals surface area contributed by atoms with Gasteiger partial charge in [-0.15, -0.1) is 0 Å². The van der Waals surface area contributed by atoms with Crippen LogP contribution < -0.4 is 0 Å². The molecule has 24 heavy (non-hydrogen) atoms. The van der Waals surface area contributed by atoms with Crippen molar-refractivity contribution in [1.82, 2.24) is 4.98 Å². The summed E-state index contributed by atoms with van der Waals surface area (Å²) >= 11 is 3.61. The number of aromatic amines is 1. The number of rotatable bonds is 2. The molecule has 0 amide bonds. The summed E-state index contributed by atoms with van der Waals surface area (Å²) in [5.41, 5.74) is 3.84. The van der Waals surface area contributed by atoms with Gasteiger partial charge in [0.05, 0.1) is 0 Å². The van der Waals surface area contributed by atoms with Crippen molar-refractivity contribution in [3.63, 3.8) is 0 Å². The molecule has 0 fully saturated rings. The number of hydrogen-bond donors (Lipinski definition) is 1. The molecular weight excluding hydrogens is 358 g/mol. The first-order valence-corrected chi connectivity index (χ1v) is 9.39. The Hall–Kier alpha value is -2.32. The van der Waals surface area contributed by atoms with Gasteiger partial charge < -0.3 is 4.98 Å². The van der Waals surface area contributed by atoms with Crippen LogP contribution in [-0.2, 0) is 6.42 Å². The molecule has 5 aromatic rings. The fraction of sp³-hybridized carbons (Fsp3) is 0.0909. The quantitative estimate of drug-likeness (QED) is 0.337. The minimum Gasteiger partial charge on any atom is -0.354 e. The Labute approximate surface area is 148 Å². The predicted octanol–water partition coefficient (Wildman–Crippen LogP) is 6.56. The Kier molecular flexibility index (Phi) is 3.14. The van der Waals surface area contributed by atoms with E-state index in [-0.39, 0.29) is 0 Å². The van der Waals surface area contributed by atoms with Crippen LogP contribution in [0.1, 0.15) is 5.56 Å². The van der Waals surface area contributed by atoms with Gasteiger partial charge in [0.25, 0.3) is 0 Å². The SMILES string of the molecule is BrCCc1cccc2ccc3[nH]c4ccc5ccccc5c4c3c12. The zero-order valence-electron chi connectivity index (χ0n) is 13.1. The van der Waals surface area contributed by atoms with Gasteiger partial charge in [-0.2, -0.15) is 0 Å². The topological polar surface area (TPSA) is 15.8 Å². The summed E-state index contributed by atoms with van der Waals surface area (Å²) in [4.78, 5) is 3.62. The van der Waals surface area contributed by atoms with E-state index in [4.69, 9.17) is 0 Å². The highest BCUT2D eigenvalue weighted by Crippen LogP contribution is 2.38. The van der Waals surface area contributed by atoms with E-state index in [0.29, 0.717) is 0 Å². The van der Waals surface area contributed by atoms with Crippen molar-refractivity contribution in [2.45, 2.75) is 6.42 Å². The summed E-state index contributed by atoms with van der Waals surface area (Å²) in [6, 6.07) is 24.2. The fourth-order valence-electron chi connectivity index (χ4n) is 3.92.